The molecule has 3 N–H and O–H groups in total. The van der Waals surface area contributed by atoms with Crippen molar-refractivity contribution in [2.75, 3.05) is 13.7 Å². The van der Waals surface area contributed by atoms with Crippen molar-refractivity contribution in [3.8, 4) is 5.75 Å². The van der Waals surface area contributed by atoms with E-state index in [0.29, 0.717) is 6.54 Å². The Kier molecular flexibility index (Phi) is 6.41. The van der Waals surface area contributed by atoms with E-state index in [4.69, 9.17) is 9.72 Å². The molecule has 0 saturated heterocycles. The first-order chi connectivity index (χ1) is 14.7. The van der Waals surface area contributed by atoms with E-state index < -0.39 is 0 Å². The minimum Gasteiger partial charge on any atom is -0.497 e. The fourth-order valence-corrected chi connectivity index (χ4v) is 3.93. The summed E-state index contributed by atoms with van der Waals surface area (Å²) < 4.78 is 5.26. The van der Waals surface area contributed by atoms with Crippen molar-refractivity contribution in [1.29, 1.82) is 0 Å². The predicted molar refractivity (Wildman–Crippen MR) is 122 cm³/mol. The van der Waals surface area contributed by atoms with E-state index in [2.05, 4.69) is 44.7 Å². The number of thiazole rings is 1. The summed E-state index contributed by atoms with van der Waals surface area (Å²) in [7, 11) is 1.67. The highest BCUT2D eigenvalue weighted by Gasteiger charge is 2.07. The van der Waals surface area contributed by atoms with Gasteiger partial charge in [-0.2, -0.15) is 0 Å². The van der Waals surface area contributed by atoms with Crippen molar-refractivity contribution < 1.29 is 4.74 Å². The molecule has 4 aromatic rings. The normalized spacial score (nSPS) is 11.0. The number of nitrogens with zero attached hydrogens (tertiary/aromatic N) is 2. The second kappa shape index (κ2) is 9.56. The molecular formula is C23H25N5OS. The Morgan fingerprint density at radius 3 is 2.83 bits per heavy atom. The van der Waals surface area contributed by atoms with Crippen molar-refractivity contribution in [3.05, 3.63) is 82.6 Å². The maximum Gasteiger partial charge on any atom is 0.121 e. The van der Waals surface area contributed by atoms with Gasteiger partial charge in [0.05, 0.1) is 41.1 Å². The van der Waals surface area contributed by atoms with Gasteiger partial charge >= 0.3 is 0 Å². The molecule has 2 aromatic carbocycles. The first-order valence-electron chi connectivity index (χ1n) is 9.86. The van der Waals surface area contributed by atoms with Crippen molar-refractivity contribution in [3.63, 3.8) is 0 Å². The number of benzene rings is 2. The Bertz CT molecular complexity index is 1120. The molecule has 0 aliphatic rings. The molecule has 154 valence electrons. The van der Waals surface area contributed by atoms with Crippen LogP contribution in [-0.4, -0.2) is 28.6 Å². The van der Waals surface area contributed by atoms with Crippen LogP contribution in [-0.2, 0) is 19.5 Å². The molecule has 0 aliphatic carbocycles. The van der Waals surface area contributed by atoms with E-state index in [1.54, 1.807) is 18.4 Å². The molecule has 0 fully saturated rings. The van der Waals surface area contributed by atoms with Gasteiger partial charge in [0.25, 0.3) is 0 Å². The summed E-state index contributed by atoms with van der Waals surface area (Å²) in [6.45, 7) is 6.38. The summed E-state index contributed by atoms with van der Waals surface area (Å²) in [5.74, 6) is 1.74. The van der Waals surface area contributed by atoms with Crippen LogP contribution in [0.2, 0.25) is 0 Å². The average molecular weight is 420 g/mol. The summed E-state index contributed by atoms with van der Waals surface area (Å²) in [6.07, 6.45) is 0.866. The van der Waals surface area contributed by atoms with Crippen molar-refractivity contribution in [2.45, 2.75) is 19.5 Å². The van der Waals surface area contributed by atoms with Crippen LogP contribution in [0.5, 0.6) is 5.75 Å². The van der Waals surface area contributed by atoms with Gasteiger partial charge in [-0.25, -0.2) is 9.97 Å². The number of imidazole rings is 1. The van der Waals surface area contributed by atoms with Gasteiger partial charge in [0, 0.05) is 31.0 Å². The van der Waals surface area contributed by atoms with Crippen LogP contribution >= 0.6 is 11.3 Å². The van der Waals surface area contributed by atoms with Crippen LogP contribution in [0.4, 0.5) is 0 Å². The molecule has 0 atom stereocenters. The largest absolute Gasteiger partial charge is 0.497 e. The molecular weight excluding hydrogens is 394 g/mol. The van der Waals surface area contributed by atoms with E-state index in [-0.39, 0.29) is 0 Å². The smallest absolute Gasteiger partial charge is 0.121 e. The highest BCUT2D eigenvalue weighted by Crippen LogP contribution is 2.19. The monoisotopic (exact) mass is 419 g/mol. The maximum absolute atomic E-state index is 5.26. The first kappa shape index (κ1) is 20.1. The summed E-state index contributed by atoms with van der Waals surface area (Å²) in [5, 5.41) is 9.93. The molecule has 0 radical (unpaired) electrons. The van der Waals surface area contributed by atoms with Gasteiger partial charge < -0.3 is 20.4 Å². The van der Waals surface area contributed by atoms with Crippen LogP contribution in [0.1, 0.15) is 22.1 Å². The van der Waals surface area contributed by atoms with Crippen LogP contribution in [0.15, 0.2) is 60.5 Å². The van der Waals surface area contributed by atoms with Gasteiger partial charge in [0.1, 0.15) is 11.6 Å². The van der Waals surface area contributed by atoms with Gasteiger partial charge in [-0.15, -0.1) is 11.3 Å². The number of aromatic nitrogens is 3. The molecule has 0 saturated carbocycles. The van der Waals surface area contributed by atoms with Crippen molar-refractivity contribution in [2.24, 2.45) is 0 Å². The Labute approximate surface area is 180 Å². The molecule has 6 nitrogen and oxygen atoms in total. The standard InChI is InChI=1S/C23H25N5OS/c1-16(25-13-17-6-4-3-5-7-17)21-15-30-23(28-21)10-11-24-14-22-26-19-9-8-18(29-2)12-20(19)27-22/h3-9,12,15,24-25H,1,10-11,13-14H2,2H3,(H,26,27). The number of H-pyrrole nitrogens is 1. The minimum atomic E-state index is 0.681. The van der Waals surface area contributed by atoms with Crippen LogP contribution in [0.25, 0.3) is 16.7 Å². The van der Waals surface area contributed by atoms with Crippen molar-refractivity contribution in [1.82, 2.24) is 25.6 Å². The molecule has 2 heterocycles. The van der Waals surface area contributed by atoms with Gasteiger partial charge in [0.2, 0.25) is 0 Å². The third-order valence-electron chi connectivity index (χ3n) is 4.76. The number of aromatic amines is 1. The SMILES string of the molecule is C=C(NCc1ccccc1)c1csc(CCNCc2nc3ccc(OC)cc3[nH]2)n1. The fourth-order valence-electron chi connectivity index (χ4n) is 3.11. The predicted octanol–water partition coefficient (Wildman–Crippen LogP) is 4.12. The summed E-state index contributed by atoms with van der Waals surface area (Å²) in [6, 6.07) is 16.1. The first-order valence-corrected chi connectivity index (χ1v) is 10.7. The van der Waals surface area contributed by atoms with Gasteiger partial charge in [0.15, 0.2) is 0 Å². The number of methoxy groups -OCH3 is 1. The topological polar surface area (TPSA) is 74.9 Å². The number of ether oxygens (including phenoxy) is 1. The number of nitrogens with one attached hydrogen (secondary N) is 3. The third kappa shape index (κ3) is 5.06. The summed E-state index contributed by atoms with van der Waals surface area (Å²) in [5.41, 5.74) is 4.92. The zero-order valence-corrected chi connectivity index (χ0v) is 17.8. The molecule has 0 bridgehead atoms. The lowest BCUT2D eigenvalue weighted by molar-refractivity contribution is 0.415. The van der Waals surface area contributed by atoms with E-state index >= 15 is 0 Å². The molecule has 0 amide bonds. The maximum atomic E-state index is 5.26. The Morgan fingerprint density at radius 1 is 1.13 bits per heavy atom. The van der Waals surface area contributed by atoms with Crippen LogP contribution < -0.4 is 15.4 Å². The van der Waals surface area contributed by atoms with Gasteiger partial charge in [-0.05, 0) is 17.7 Å². The van der Waals surface area contributed by atoms with Crippen LogP contribution in [0, 0.1) is 0 Å². The van der Waals surface area contributed by atoms with Crippen LogP contribution in [0.3, 0.4) is 0 Å². The lowest BCUT2D eigenvalue weighted by atomic mass is 10.2. The molecule has 0 unspecified atom stereocenters. The van der Waals surface area contributed by atoms with Gasteiger partial charge in [-0.3, -0.25) is 0 Å². The van der Waals surface area contributed by atoms with E-state index in [1.807, 2.05) is 36.4 Å². The summed E-state index contributed by atoms with van der Waals surface area (Å²) >= 11 is 1.66. The molecule has 7 heteroatoms. The Morgan fingerprint density at radius 2 is 2.00 bits per heavy atom. The quantitative estimate of drug-likeness (QED) is 0.337. The average Bonchev–Trinajstić information content (AvgIpc) is 3.42. The van der Waals surface area contributed by atoms with E-state index in [9.17, 15) is 0 Å². The Balaban J connectivity index is 1.23. The number of hydrogen-bond acceptors (Lipinski definition) is 6. The molecule has 30 heavy (non-hydrogen) atoms. The molecule has 2 aromatic heterocycles. The molecule has 0 spiro atoms. The molecule has 4 rings (SSSR count). The highest BCUT2D eigenvalue weighted by atomic mass is 32.1. The lowest BCUT2D eigenvalue weighted by Crippen LogP contribution is -2.17. The van der Waals surface area contributed by atoms with Crippen molar-refractivity contribution >= 4 is 28.1 Å². The number of hydrogen-bond donors (Lipinski definition) is 3. The fraction of sp³-hybridized carbons (Fsp3) is 0.217. The minimum absolute atomic E-state index is 0.681. The number of rotatable bonds is 10. The highest BCUT2D eigenvalue weighted by molar-refractivity contribution is 7.09. The zero-order valence-electron chi connectivity index (χ0n) is 16.9. The number of fused-ring (bicyclic) bond motifs is 1. The Hall–Kier alpha value is -3.16. The lowest BCUT2D eigenvalue weighted by Gasteiger charge is -2.07. The second-order valence-corrected chi connectivity index (χ2v) is 7.88. The third-order valence-corrected chi connectivity index (χ3v) is 5.66. The van der Waals surface area contributed by atoms with Gasteiger partial charge in [-0.1, -0.05) is 36.9 Å². The molecule has 0 aliphatic heterocycles. The summed E-state index contributed by atoms with van der Waals surface area (Å²) in [4.78, 5) is 12.6. The zero-order chi connectivity index (χ0) is 20.8. The van der Waals surface area contributed by atoms with E-state index in [0.717, 1.165) is 58.5 Å². The van der Waals surface area contributed by atoms with E-state index in [1.165, 1.54) is 5.56 Å². The second-order valence-electron chi connectivity index (χ2n) is 6.94.